The largest absolute Gasteiger partial charge is 0.465 e. The van der Waals surface area contributed by atoms with Gasteiger partial charge in [0.05, 0.1) is 22.3 Å². The molecule has 0 amide bonds. The normalized spacial score (nSPS) is 15.4. The third-order valence-corrected chi connectivity index (χ3v) is 4.31. The predicted octanol–water partition coefficient (Wildman–Crippen LogP) is 3.61. The monoisotopic (exact) mass is 347 g/mol. The van der Waals surface area contributed by atoms with E-state index >= 15 is 0 Å². The van der Waals surface area contributed by atoms with Gasteiger partial charge in [0.25, 0.3) is 0 Å². The van der Waals surface area contributed by atoms with Crippen LogP contribution in [0.1, 0.15) is 13.8 Å². The minimum absolute atomic E-state index is 0.245. The molecule has 2 rings (SSSR count). The quantitative estimate of drug-likeness (QED) is 0.648. The first kappa shape index (κ1) is 16.3. The molecule has 114 valence electrons. The Morgan fingerprint density at radius 2 is 2.14 bits per heavy atom. The van der Waals surface area contributed by atoms with E-state index in [1.807, 2.05) is 18.5 Å². The molecule has 0 radical (unpaired) electrons. The number of ether oxygens (including phenoxy) is 1. The number of carbonyl (C=O) groups excluding carboxylic acids is 1. The topological polar surface area (TPSA) is 44.8 Å². The van der Waals surface area contributed by atoms with E-state index in [0.29, 0.717) is 16.7 Å². The van der Waals surface area contributed by atoms with E-state index < -0.39 is 0 Å². The van der Waals surface area contributed by atoms with Gasteiger partial charge in [-0.1, -0.05) is 23.2 Å². The summed E-state index contributed by atoms with van der Waals surface area (Å²) in [5, 5.41) is 2.45. The Hall–Kier alpha value is -1.08. The maximum atomic E-state index is 11.6. The highest BCUT2D eigenvalue weighted by molar-refractivity contribution is 7.98. The van der Waals surface area contributed by atoms with E-state index in [0.717, 1.165) is 5.69 Å². The fourth-order valence-electron chi connectivity index (χ4n) is 1.61. The Labute approximate surface area is 137 Å². The molecule has 0 aliphatic carbocycles. The summed E-state index contributed by atoms with van der Waals surface area (Å²) in [5.41, 5.74) is 3.93. The molecule has 1 aliphatic heterocycles. The van der Waals surface area contributed by atoms with E-state index in [4.69, 9.17) is 27.9 Å². The molecule has 1 N–H and O–H groups in total. The van der Waals surface area contributed by atoms with Crippen molar-refractivity contribution in [3.63, 3.8) is 0 Å². The highest BCUT2D eigenvalue weighted by Gasteiger charge is 2.22. The van der Waals surface area contributed by atoms with Crippen LogP contribution in [-0.2, 0) is 9.53 Å². The van der Waals surface area contributed by atoms with Crippen molar-refractivity contribution in [2.24, 2.45) is 0 Å². The smallest absolute Gasteiger partial charge is 0.320 e. The Morgan fingerprint density at radius 3 is 2.81 bits per heavy atom. The predicted molar refractivity (Wildman–Crippen MR) is 86.7 cm³/mol. The Bertz CT molecular complexity index is 556. The summed E-state index contributed by atoms with van der Waals surface area (Å²) >= 11 is 13.2. The zero-order valence-electron chi connectivity index (χ0n) is 11.5. The van der Waals surface area contributed by atoms with Gasteiger partial charge in [0, 0.05) is 12.4 Å². The van der Waals surface area contributed by atoms with E-state index in [-0.39, 0.29) is 11.2 Å². The molecule has 0 spiro atoms. The van der Waals surface area contributed by atoms with Crippen LogP contribution in [0.25, 0.3) is 0 Å². The summed E-state index contributed by atoms with van der Waals surface area (Å²) < 4.78 is 6.70. The number of halogens is 2. The van der Waals surface area contributed by atoms with Crippen molar-refractivity contribution in [1.82, 2.24) is 9.95 Å². The molecule has 1 unspecified atom stereocenters. The average Bonchev–Trinajstić information content (AvgIpc) is 2.90. The van der Waals surface area contributed by atoms with Crippen LogP contribution >= 0.6 is 35.1 Å². The van der Waals surface area contributed by atoms with Crippen LogP contribution in [0, 0.1) is 0 Å². The molecule has 1 aliphatic rings. The number of hydrogen-bond donors (Lipinski definition) is 1. The van der Waals surface area contributed by atoms with E-state index in [1.54, 1.807) is 35.4 Å². The number of nitrogens with zero attached hydrogens (tertiary/aromatic N) is 2. The van der Waals surface area contributed by atoms with Gasteiger partial charge in [0.1, 0.15) is 5.25 Å². The molecule has 1 aromatic rings. The Kier molecular flexibility index (Phi) is 5.64. The lowest BCUT2D eigenvalue weighted by molar-refractivity contribution is -0.142. The maximum absolute atomic E-state index is 11.6. The zero-order valence-corrected chi connectivity index (χ0v) is 13.9. The summed E-state index contributed by atoms with van der Waals surface area (Å²) in [4.78, 5) is 11.6. The number of esters is 1. The number of nitrogens with one attached hydrogen (secondary N) is 1. The summed E-state index contributed by atoms with van der Waals surface area (Å²) in [7, 11) is 0. The molecular formula is C13H15Cl2N3O2S. The molecule has 5 nitrogen and oxygen atoms in total. The molecule has 1 atom stereocenters. The molecule has 0 saturated carbocycles. The van der Waals surface area contributed by atoms with Gasteiger partial charge < -0.3 is 4.74 Å². The lowest BCUT2D eigenvalue weighted by atomic mass is 10.3. The second-order valence-electron chi connectivity index (χ2n) is 4.19. The van der Waals surface area contributed by atoms with Crippen molar-refractivity contribution >= 4 is 46.8 Å². The fourth-order valence-corrected chi connectivity index (χ4v) is 2.66. The van der Waals surface area contributed by atoms with Gasteiger partial charge in [-0.05, 0) is 44.0 Å². The third-order valence-electron chi connectivity index (χ3n) is 2.63. The van der Waals surface area contributed by atoms with Crippen molar-refractivity contribution < 1.29 is 9.53 Å². The standard InChI is InChI=1S/C13H15Cl2N3O2S/c1-3-20-13(19)9(2)21-18-7-6-17(16-18)10-4-5-11(14)12(15)8-10/h4-9,16H,3H2,1-2H3. The fraction of sp³-hybridized carbons (Fsp3) is 0.308. The van der Waals surface area contributed by atoms with Crippen LogP contribution in [0.5, 0.6) is 0 Å². The van der Waals surface area contributed by atoms with Gasteiger partial charge in [-0.15, -0.1) is 5.53 Å². The van der Waals surface area contributed by atoms with Crippen molar-refractivity contribution in [3.8, 4) is 0 Å². The second-order valence-corrected chi connectivity index (χ2v) is 6.32. The molecule has 0 aromatic heterocycles. The first-order chi connectivity index (χ1) is 10.0. The molecule has 1 aromatic carbocycles. The van der Waals surface area contributed by atoms with Gasteiger partial charge in [-0.3, -0.25) is 9.80 Å². The first-order valence-electron chi connectivity index (χ1n) is 6.32. The highest BCUT2D eigenvalue weighted by atomic mass is 35.5. The lowest BCUT2D eigenvalue weighted by Gasteiger charge is -2.23. The van der Waals surface area contributed by atoms with E-state index in [2.05, 4.69) is 5.53 Å². The number of benzene rings is 1. The van der Waals surface area contributed by atoms with Crippen molar-refractivity contribution in [2.45, 2.75) is 19.1 Å². The summed E-state index contributed by atoms with van der Waals surface area (Å²) in [6, 6.07) is 5.32. The van der Waals surface area contributed by atoms with Gasteiger partial charge in [-0.25, -0.2) is 4.41 Å². The van der Waals surface area contributed by atoms with E-state index in [1.165, 1.54) is 11.9 Å². The molecule has 0 saturated heterocycles. The van der Waals surface area contributed by atoms with Crippen LogP contribution in [0.3, 0.4) is 0 Å². The minimum atomic E-state index is -0.309. The Morgan fingerprint density at radius 1 is 1.38 bits per heavy atom. The van der Waals surface area contributed by atoms with Crippen molar-refractivity contribution in [2.75, 3.05) is 11.6 Å². The van der Waals surface area contributed by atoms with Gasteiger partial charge in [0.15, 0.2) is 0 Å². The molecule has 8 heteroatoms. The van der Waals surface area contributed by atoms with Crippen LogP contribution in [0.4, 0.5) is 5.69 Å². The minimum Gasteiger partial charge on any atom is -0.465 e. The summed E-state index contributed by atoms with van der Waals surface area (Å²) in [5.74, 6) is -0.245. The summed E-state index contributed by atoms with van der Waals surface area (Å²) in [6.07, 6.45) is 3.63. The number of carbonyl (C=O) groups is 1. The molecular weight excluding hydrogens is 333 g/mol. The van der Waals surface area contributed by atoms with Crippen molar-refractivity contribution in [3.05, 3.63) is 40.6 Å². The van der Waals surface area contributed by atoms with Crippen LogP contribution in [0.15, 0.2) is 30.6 Å². The zero-order chi connectivity index (χ0) is 15.4. The van der Waals surface area contributed by atoms with Crippen LogP contribution in [0.2, 0.25) is 10.0 Å². The second kappa shape index (κ2) is 7.26. The van der Waals surface area contributed by atoms with Gasteiger partial charge in [-0.2, -0.15) is 0 Å². The first-order valence-corrected chi connectivity index (χ1v) is 7.92. The summed E-state index contributed by atoms with van der Waals surface area (Å²) in [6.45, 7) is 3.96. The van der Waals surface area contributed by atoms with Gasteiger partial charge >= 0.3 is 5.97 Å². The third kappa shape index (κ3) is 4.20. The average molecular weight is 348 g/mol. The van der Waals surface area contributed by atoms with Crippen LogP contribution < -0.4 is 10.5 Å². The van der Waals surface area contributed by atoms with Crippen molar-refractivity contribution in [1.29, 1.82) is 0 Å². The highest BCUT2D eigenvalue weighted by Crippen LogP contribution is 2.29. The SMILES string of the molecule is CCOC(=O)C(C)SN1C=CN(c2ccc(Cl)c(Cl)c2)N1. The lowest BCUT2D eigenvalue weighted by Crippen LogP contribution is -2.37. The number of rotatable bonds is 5. The number of hydrazine groups is 2. The molecule has 0 bridgehead atoms. The molecule has 1 heterocycles. The Balaban J connectivity index is 1.93. The van der Waals surface area contributed by atoms with E-state index in [9.17, 15) is 4.79 Å². The van der Waals surface area contributed by atoms with Crippen LogP contribution in [-0.4, -0.2) is 22.2 Å². The molecule has 21 heavy (non-hydrogen) atoms. The number of anilines is 1. The molecule has 0 fully saturated rings. The van der Waals surface area contributed by atoms with Gasteiger partial charge in [0.2, 0.25) is 0 Å². The maximum Gasteiger partial charge on any atom is 0.320 e. The number of hydrogen-bond acceptors (Lipinski definition) is 6.